The van der Waals surface area contributed by atoms with Crippen molar-refractivity contribution in [3.63, 3.8) is 0 Å². The fourth-order valence-corrected chi connectivity index (χ4v) is 2.94. The molecular formula is C10H14ClNO3S. The highest BCUT2D eigenvalue weighted by Gasteiger charge is 2.20. The minimum atomic E-state index is -3.56. The van der Waals surface area contributed by atoms with Gasteiger partial charge >= 0.3 is 0 Å². The fourth-order valence-electron chi connectivity index (χ4n) is 1.29. The van der Waals surface area contributed by atoms with Gasteiger partial charge in [0.2, 0.25) is 10.0 Å². The first kappa shape index (κ1) is 13.4. The van der Waals surface area contributed by atoms with Gasteiger partial charge in [-0.05, 0) is 30.7 Å². The Morgan fingerprint density at radius 2 is 2.00 bits per heavy atom. The quantitative estimate of drug-likeness (QED) is 0.890. The van der Waals surface area contributed by atoms with Crippen molar-refractivity contribution >= 4 is 21.6 Å². The summed E-state index contributed by atoms with van der Waals surface area (Å²) < 4.78 is 25.1. The van der Waals surface area contributed by atoms with Crippen molar-refractivity contribution in [2.75, 3.05) is 20.2 Å². The van der Waals surface area contributed by atoms with Gasteiger partial charge in [0.25, 0.3) is 0 Å². The number of rotatable bonds is 4. The molecule has 0 heterocycles. The molecule has 6 heteroatoms. The third kappa shape index (κ3) is 2.95. The molecule has 0 bridgehead atoms. The van der Waals surface area contributed by atoms with Crippen LogP contribution in [-0.2, 0) is 10.0 Å². The third-order valence-corrected chi connectivity index (χ3v) is 4.19. The predicted octanol–water partition coefficient (Wildman–Crippen LogP) is 1.26. The normalized spacial score (nSPS) is 12.1. The van der Waals surface area contributed by atoms with E-state index in [2.05, 4.69) is 0 Å². The minimum absolute atomic E-state index is 0.0634. The number of halogens is 1. The average molecular weight is 264 g/mol. The maximum absolute atomic E-state index is 12.0. The molecule has 0 aliphatic rings. The van der Waals surface area contributed by atoms with Crippen molar-refractivity contribution in [1.82, 2.24) is 4.31 Å². The lowest BCUT2D eigenvalue weighted by molar-refractivity contribution is 0.266. The molecule has 0 amide bonds. The minimum Gasteiger partial charge on any atom is -0.395 e. The van der Waals surface area contributed by atoms with Crippen LogP contribution in [0.3, 0.4) is 0 Å². The van der Waals surface area contributed by atoms with Crippen LogP contribution in [0.15, 0.2) is 23.1 Å². The number of aliphatic hydroxyl groups excluding tert-OH is 1. The SMILES string of the molecule is Cc1cc(Cl)cc(S(=O)(=O)N(C)CCO)c1. The number of likely N-dealkylation sites (N-methyl/N-ethyl adjacent to an activating group) is 1. The average Bonchev–Trinajstić information content (AvgIpc) is 2.16. The first-order valence-corrected chi connectivity index (χ1v) is 6.54. The lowest BCUT2D eigenvalue weighted by Gasteiger charge is -2.16. The Hall–Kier alpha value is -0.620. The zero-order chi connectivity index (χ0) is 12.3. The second kappa shape index (κ2) is 5.14. The second-order valence-electron chi connectivity index (χ2n) is 3.51. The highest BCUT2D eigenvalue weighted by Crippen LogP contribution is 2.20. The molecule has 1 aromatic rings. The monoisotopic (exact) mass is 263 g/mol. The van der Waals surface area contributed by atoms with Gasteiger partial charge in [-0.15, -0.1) is 0 Å². The second-order valence-corrected chi connectivity index (χ2v) is 6.00. The van der Waals surface area contributed by atoms with E-state index in [1.165, 1.54) is 13.1 Å². The third-order valence-electron chi connectivity index (χ3n) is 2.14. The van der Waals surface area contributed by atoms with E-state index >= 15 is 0 Å². The molecule has 16 heavy (non-hydrogen) atoms. The first-order chi connectivity index (χ1) is 7.37. The molecular weight excluding hydrogens is 250 g/mol. The maximum Gasteiger partial charge on any atom is 0.242 e. The van der Waals surface area contributed by atoms with Crippen LogP contribution in [0, 0.1) is 6.92 Å². The summed E-state index contributed by atoms with van der Waals surface area (Å²) in [5, 5.41) is 9.11. The molecule has 0 spiro atoms. The summed E-state index contributed by atoms with van der Waals surface area (Å²) in [4.78, 5) is 0.147. The fraction of sp³-hybridized carbons (Fsp3) is 0.400. The zero-order valence-corrected chi connectivity index (χ0v) is 10.7. The number of nitrogens with zero attached hydrogens (tertiary/aromatic N) is 1. The van der Waals surface area contributed by atoms with E-state index in [-0.39, 0.29) is 18.0 Å². The molecule has 0 atom stereocenters. The summed E-state index contributed by atoms with van der Waals surface area (Å²) in [5.41, 5.74) is 0.781. The van der Waals surface area contributed by atoms with Gasteiger partial charge in [0.05, 0.1) is 11.5 Å². The lowest BCUT2D eigenvalue weighted by atomic mass is 10.2. The van der Waals surface area contributed by atoms with Gasteiger partial charge in [-0.25, -0.2) is 8.42 Å². The Balaban J connectivity index is 3.16. The predicted molar refractivity (Wildman–Crippen MR) is 63.1 cm³/mol. The number of aryl methyl sites for hydroxylation is 1. The van der Waals surface area contributed by atoms with Crippen LogP contribution in [0.1, 0.15) is 5.56 Å². The molecule has 1 aromatic carbocycles. The van der Waals surface area contributed by atoms with Gasteiger partial charge in [-0.3, -0.25) is 0 Å². The van der Waals surface area contributed by atoms with Gasteiger partial charge in [-0.1, -0.05) is 11.6 Å². The van der Waals surface area contributed by atoms with E-state index in [0.29, 0.717) is 5.02 Å². The highest BCUT2D eigenvalue weighted by atomic mass is 35.5. The highest BCUT2D eigenvalue weighted by molar-refractivity contribution is 7.89. The number of hydrogen-bond donors (Lipinski definition) is 1. The molecule has 0 fully saturated rings. The van der Waals surface area contributed by atoms with Crippen molar-refractivity contribution in [2.24, 2.45) is 0 Å². The molecule has 0 unspecified atom stereocenters. The Labute approximate surface area is 101 Å². The van der Waals surface area contributed by atoms with Crippen molar-refractivity contribution in [1.29, 1.82) is 0 Å². The van der Waals surface area contributed by atoms with Gasteiger partial charge in [-0.2, -0.15) is 4.31 Å². The number of sulfonamides is 1. The van der Waals surface area contributed by atoms with Crippen LogP contribution in [0.4, 0.5) is 0 Å². The summed E-state index contributed by atoms with van der Waals surface area (Å²) in [6.07, 6.45) is 0. The van der Waals surface area contributed by atoms with Crippen molar-refractivity contribution in [3.8, 4) is 0 Å². The molecule has 0 aromatic heterocycles. The van der Waals surface area contributed by atoms with Gasteiger partial charge in [0.15, 0.2) is 0 Å². The Bertz CT molecular complexity index is 453. The number of aliphatic hydroxyl groups is 1. The molecule has 1 rings (SSSR count). The van der Waals surface area contributed by atoms with Crippen LogP contribution in [0.5, 0.6) is 0 Å². The van der Waals surface area contributed by atoms with E-state index in [1.807, 2.05) is 0 Å². The van der Waals surface area contributed by atoms with E-state index in [0.717, 1.165) is 9.87 Å². The maximum atomic E-state index is 12.0. The van der Waals surface area contributed by atoms with Crippen LogP contribution in [0.2, 0.25) is 5.02 Å². The topological polar surface area (TPSA) is 57.6 Å². The van der Waals surface area contributed by atoms with E-state index < -0.39 is 10.0 Å². The van der Waals surface area contributed by atoms with E-state index in [1.54, 1.807) is 19.1 Å². The molecule has 0 saturated carbocycles. The van der Waals surface area contributed by atoms with Crippen LogP contribution < -0.4 is 0 Å². The van der Waals surface area contributed by atoms with Gasteiger partial charge in [0.1, 0.15) is 0 Å². The molecule has 4 nitrogen and oxygen atoms in total. The largest absolute Gasteiger partial charge is 0.395 e. The lowest BCUT2D eigenvalue weighted by Crippen LogP contribution is -2.29. The Kier molecular flexibility index (Phi) is 4.32. The first-order valence-electron chi connectivity index (χ1n) is 4.72. The van der Waals surface area contributed by atoms with Crippen molar-refractivity contribution < 1.29 is 13.5 Å². The molecule has 0 aliphatic carbocycles. The zero-order valence-electron chi connectivity index (χ0n) is 9.14. The van der Waals surface area contributed by atoms with Crippen LogP contribution in [-0.4, -0.2) is 38.0 Å². The van der Waals surface area contributed by atoms with E-state index in [9.17, 15) is 8.42 Å². The van der Waals surface area contributed by atoms with Crippen LogP contribution in [0.25, 0.3) is 0 Å². The molecule has 1 N–H and O–H groups in total. The summed E-state index contributed by atoms with van der Waals surface area (Å²) in [6.45, 7) is 1.63. The van der Waals surface area contributed by atoms with Gasteiger partial charge in [0, 0.05) is 18.6 Å². The van der Waals surface area contributed by atoms with E-state index in [4.69, 9.17) is 16.7 Å². The van der Waals surface area contributed by atoms with Crippen LogP contribution >= 0.6 is 11.6 Å². The molecule has 0 saturated heterocycles. The molecule has 0 aliphatic heterocycles. The summed E-state index contributed by atoms with van der Waals surface area (Å²) in [5.74, 6) is 0. The summed E-state index contributed by atoms with van der Waals surface area (Å²) in [7, 11) is -2.14. The smallest absolute Gasteiger partial charge is 0.242 e. The van der Waals surface area contributed by atoms with Crippen molar-refractivity contribution in [3.05, 3.63) is 28.8 Å². The number of hydrogen-bond acceptors (Lipinski definition) is 3. The Morgan fingerprint density at radius 1 is 1.38 bits per heavy atom. The summed E-state index contributed by atoms with van der Waals surface area (Å²) >= 11 is 5.81. The standard InChI is InChI=1S/C10H14ClNO3S/c1-8-5-9(11)7-10(6-8)16(14,15)12(2)3-4-13/h5-7,13H,3-4H2,1-2H3. The summed E-state index contributed by atoms with van der Waals surface area (Å²) in [6, 6.07) is 4.64. The molecule has 0 radical (unpaired) electrons. The number of benzene rings is 1. The Morgan fingerprint density at radius 3 is 2.50 bits per heavy atom. The molecule has 90 valence electrons. The van der Waals surface area contributed by atoms with Crippen molar-refractivity contribution in [2.45, 2.75) is 11.8 Å². The van der Waals surface area contributed by atoms with Gasteiger partial charge < -0.3 is 5.11 Å².